The van der Waals surface area contributed by atoms with Crippen molar-refractivity contribution in [1.82, 2.24) is 20.2 Å². The summed E-state index contributed by atoms with van der Waals surface area (Å²) in [5.41, 5.74) is 6.69. The van der Waals surface area contributed by atoms with Gasteiger partial charge >= 0.3 is 5.97 Å². The van der Waals surface area contributed by atoms with Crippen molar-refractivity contribution in [2.45, 2.75) is 25.8 Å². The molecule has 0 fully saturated rings. The van der Waals surface area contributed by atoms with E-state index in [9.17, 15) is 14.4 Å². The van der Waals surface area contributed by atoms with Crippen LogP contribution in [0.5, 0.6) is 0 Å². The van der Waals surface area contributed by atoms with Gasteiger partial charge in [0.15, 0.2) is 6.61 Å². The molecule has 2 heterocycles. The van der Waals surface area contributed by atoms with E-state index in [1.54, 1.807) is 0 Å². The van der Waals surface area contributed by atoms with Gasteiger partial charge in [-0.1, -0.05) is 0 Å². The minimum atomic E-state index is -0.652. The van der Waals surface area contributed by atoms with Crippen LogP contribution in [0.4, 0.5) is 5.00 Å². The van der Waals surface area contributed by atoms with Crippen molar-refractivity contribution < 1.29 is 19.1 Å². The molecule has 0 saturated carbocycles. The van der Waals surface area contributed by atoms with E-state index in [0.717, 1.165) is 29.7 Å². The molecule has 3 N–H and O–H groups in total. The van der Waals surface area contributed by atoms with Gasteiger partial charge in [0.1, 0.15) is 17.9 Å². The fraction of sp³-hybridized carbons (Fsp3) is 0.385. The Hall–Kier alpha value is -2.82. The fourth-order valence-corrected chi connectivity index (χ4v) is 3.80. The van der Waals surface area contributed by atoms with Gasteiger partial charge in [-0.2, -0.15) is 0 Å². The summed E-state index contributed by atoms with van der Waals surface area (Å²) in [6.45, 7) is -0.665. The van der Waals surface area contributed by atoms with E-state index in [-0.39, 0.29) is 6.54 Å². The monoisotopic (exact) mass is 350 g/mol. The fourth-order valence-electron chi connectivity index (χ4n) is 2.49. The molecule has 3 rings (SSSR count). The lowest BCUT2D eigenvalue weighted by Gasteiger charge is -2.07. The van der Waals surface area contributed by atoms with Crippen LogP contribution in [0.25, 0.3) is 0 Å². The van der Waals surface area contributed by atoms with Crippen molar-refractivity contribution in [2.75, 3.05) is 11.9 Å². The molecule has 0 atom stereocenters. The zero-order chi connectivity index (χ0) is 17.1. The van der Waals surface area contributed by atoms with E-state index in [1.165, 1.54) is 22.3 Å². The molecule has 2 aromatic rings. The minimum Gasteiger partial charge on any atom is -0.454 e. The molecule has 1 aliphatic rings. The number of hydrogen-bond acceptors (Lipinski definition) is 8. The number of anilines is 1. The maximum absolute atomic E-state index is 11.9. The zero-order valence-electron chi connectivity index (χ0n) is 12.5. The molecule has 2 aromatic heterocycles. The minimum absolute atomic E-state index is 0.194. The molecular formula is C13H14N6O4S. The average Bonchev–Trinajstić information content (AvgIpc) is 3.21. The second kappa shape index (κ2) is 6.74. The summed E-state index contributed by atoms with van der Waals surface area (Å²) in [4.78, 5) is 36.2. The summed E-state index contributed by atoms with van der Waals surface area (Å²) >= 11 is 1.34. The van der Waals surface area contributed by atoms with Crippen molar-refractivity contribution >= 4 is 34.1 Å². The Morgan fingerprint density at radius 1 is 1.38 bits per heavy atom. The number of aryl methyl sites for hydroxylation is 1. The largest absolute Gasteiger partial charge is 0.454 e. The number of amides is 2. The first-order valence-corrected chi connectivity index (χ1v) is 7.97. The van der Waals surface area contributed by atoms with Crippen LogP contribution in [-0.2, 0) is 33.7 Å². The van der Waals surface area contributed by atoms with Crippen LogP contribution in [0, 0.1) is 0 Å². The number of esters is 1. The van der Waals surface area contributed by atoms with Gasteiger partial charge in [0.05, 0.1) is 5.56 Å². The third kappa shape index (κ3) is 3.40. The average molecular weight is 350 g/mol. The third-order valence-electron chi connectivity index (χ3n) is 3.47. The van der Waals surface area contributed by atoms with Crippen LogP contribution < -0.4 is 11.1 Å². The van der Waals surface area contributed by atoms with Gasteiger partial charge in [-0.15, -0.1) is 16.4 Å². The van der Waals surface area contributed by atoms with Crippen LogP contribution in [-0.4, -0.2) is 44.6 Å². The second-order valence-electron chi connectivity index (χ2n) is 5.14. The van der Waals surface area contributed by atoms with Gasteiger partial charge in [0.2, 0.25) is 0 Å². The van der Waals surface area contributed by atoms with Crippen molar-refractivity contribution in [1.29, 1.82) is 0 Å². The topological polar surface area (TPSA) is 142 Å². The Balaban J connectivity index is 1.57. The number of primary amides is 1. The van der Waals surface area contributed by atoms with E-state index in [1.807, 2.05) is 0 Å². The number of rotatable bonds is 6. The van der Waals surface area contributed by atoms with E-state index < -0.39 is 24.4 Å². The van der Waals surface area contributed by atoms with Crippen molar-refractivity contribution in [3.05, 3.63) is 22.3 Å². The maximum atomic E-state index is 11.9. The van der Waals surface area contributed by atoms with E-state index in [0.29, 0.717) is 10.6 Å². The Bertz CT molecular complexity index is 785. The van der Waals surface area contributed by atoms with Crippen LogP contribution >= 0.6 is 11.3 Å². The number of hydrogen-bond donors (Lipinski definition) is 2. The quantitative estimate of drug-likeness (QED) is 0.669. The molecule has 24 heavy (non-hydrogen) atoms. The highest BCUT2D eigenvalue weighted by Gasteiger charge is 2.26. The van der Waals surface area contributed by atoms with Crippen LogP contribution in [0.3, 0.4) is 0 Å². The van der Waals surface area contributed by atoms with Crippen LogP contribution in [0.1, 0.15) is 27.2 Å². The Kier molecular flexibility index (Phi) is 4.51. The first-order chi connectivity index (χ1) is 11.5. The van der Waals surface area contributed by atoms with Crippen LogP contribution in [0.15, 0.2) is 6.33 Å². The molecule has 0 radical (unpaired) electrons. The number of thiophene rings is 1. The van der Waals surface area contributed by atoms with E-state index >= 15 is 0 Å². The molecule has 2 amide bonds. The maximum Gasteiger partial charge on any atom is 0.328 e. The number of tetrazole rings is 1. The standard InChI is InChI=1S/C13H14N6O4S/c14-12(22)11-7-2-1-3-8(7)24-13(11)16-9(20)5-23-10(21)4-19-6-15-17-18-19/h6H,1-5H2,(H2,14,22)(H,16,20). The second-order valence-corrected chi connectivity index (χ2v) is 6.25. The third-order valence-corrected chi connectivity index (χ3v) is 4.67. The molecule has 1 aliphatic carbocycles. The number of nitrogens with one attached hydrogen (secondary N) is 1. The number of fused-ring (bicyclic) bond motifs is 1. The van der Waals surface area contributed by atoms with Gasteiger partial charge in [0.25, 0.3) is 11.8 Å². The molecule has 11 heteroatoms. The summed E-state index contributed by atoms with van der Waals surface area (Å²) in [6.07, 6.45) is 3.88. The lowest BCUT2D eigenvalue weighted by atomic mass is 10.1. The molecule has 0 bridgehead atoms. The Labute approximate surface area is 140 Å². The number of aromatic nitrogens is 4. The molecule has 0 aromatic carbocycles. The first-order valence-electron chi connectivity index (χ1n) is 7.15. The number of carbonyl (C=O) groups is 3. The van der Waals surface area contributed by atoms with Crippen molar-refractivity contribution in [3.8, 4) is 0 Å². The predicted molar refractivity (Wildman–Crippen MR) is 82.3 cm³/mol. The van der Waals surface area contributed by atoms with Gasteiger partial charge < -0.3 is 15.8 Å². The summed E-state index contributed by atoms with van der Waals surface area (Å²) < 4.78 is 6.02. The van der Waals surface area contributed by atoms with Crippen molar-refractivity contribution in [3.63, 3.8) is 0 Å². The number of nitrogens with two attached hydrogens (primary N) is 1. The summed E-state index contributed by atoms with van der Waals surface area (Å²) in [5, 5.41) is 13.3. The molecular weight excluding hydrogens is 336 g/mol. The Morgan fingerprint density at radius 3 is 2.92 bits per heavy atom. The van der Waals surface area contributed by atoms with Gasteiger partial charge in [0, 0.05) is 4.88 Å². The van der Waals surface area contributed by atoms with Gasteiger partial charge in [-0.05, 0) is 35.3 Å². The summed E-state index contributed by atoms with van der Waals surface area (Å²) in [6, 6.07) is 0. The number of carbonyl (C=O) groups excluding carboxylic acids is 3. The summed E-state index contributed by atoms with van der Waals surface area (Å²) in [7, 11) is 0. The lowest BCUT2D eigenvalue weighted by Crippen LogP contribution is -2.24. The van der Waals surface area contributed by atoms with Crippen LogP contribution in [0.2, 0.25) is 0 Å². The molecule has 0 aliphatic heterocycles. The molecule has 0 saturated heterocycles. The number of nitrogens with zero attached hydrogens (tertiary/aromatic N) is 4. The highest BCUT2D eigenvalue weighted by molar-refractivity contribution is 7.17. The normalized spacial score (nSPS) is 12.7. The molecule has 0 spiro atoms. The highest BCUT2D eigenvalue weighted by Crippen LogP contribution is 2.38. The van der Waals surface area contributed by atoms with E-state index in [2.05, 4.69) is 20.8 Å². The van der Waals surface area contributed by atoms with Gasteiger partial charge in [-0.3, -0.25) is 14.4 Å². The predicted octanol–water partition coefficient (Wildman–Crippen LogP) is -0.496. The summed E-state index contributed by atoms with van der Waals surface area (Å²) in [5.74, 6) is -1.76. The highest BCUT2D eigenvalue weighted by atomic mass is 32.1. The molecule has 10 nitrogen and oxygen atoms in total. The lowest BCUT2D eigenvalue weighted by molar-refractivity contribution is -0.148. The first kappa shape index (κ1) is 16.1. The van der Waals surface area contributed by atoms with E-state index in [4.69, 9.17) is 10.5 Å². The number of ether oxygens (including phenoxy) is 1. The van der Waals surface area contributed by atoms with Gasteiger partial charge in [-0.25, -0.2) is 4.68 Å². The zero-order valence-corrected chi connectivity index (χ0v) is 13.3. The molecule has 0 unspecified atom stereocenters. The molecule has 126 valence electrons. The Morgan fingerprint density at radius 2 is 2.21 bits per heavy atom. The SMILES string of the molecule is NC(=O)c1c(NC(=O)COC(=O)Cn2cnnn2)sc2c1CCC2. The van der Waals surface area contributed by atoms with Crippen molar-refractivity contribution in [2.24, 2.45) is 5.73 Å². The smallest absolute Gasteiger partial charge is 0.328 e.